The molecule has 0 fully saturated rings. The second kappa shape index (κ2) is 3.69. The summed E-state index contributed by atoms with van der Waals surface area (Å²) in [6.07, 6.45) is -3.85. The van der Waals surface area contributed by atoms with Crippen LogP contribution in [0.2, 0.25) is 0 Å². The summed E-state index contributed by atoms with van der Waals surface area (Å²) in [5, 5.41) is 5.51. The third-order valence-electron chi connectivity index (χ3n) is 1.42. The van der Waals surface area contributed by atoms with Gasteiger partial charge >= 0.3 is 6.18 Å². The molecule has 0 aliphatic rings. The molecule has 0 aliphatic heterocycles. The smallest absolute Gasteiger partial charge is 0.282 e. The number of hydrogen-bond donors (Lipinski definition) is 1. The van der Waals surface area contributed by atoms with Gasteiger partial charge in [-0.15, -0.1) is 0 Å². The Bertz CT molecular complexity index is 280. The predicted octanol–water partition coefficient (Wildman–Crippen LogP) is 2.75. The second-order valence-corrected chi connectivity index (χ2v) is 4.32. The van der Waals surface area contributed by atoms with Crippen molar-refractivity contribution >= 4 is 15.9 Å². The lowest BCUT2D eigenvalue weighted by atomic mass is 10.2. The number of hydrogen-bond acceptors (Lipinski definition) is 1. The number of nitrogens with zero attached hydrogens (tertiary/aromatic N) is 1. The summed E-state index contributed by atoms with van der Waals surface area (Å²) in [5.74, 6) is 0. The normalized spacial score (nSPS) is 14.5. The lowest BCUT2D eigenvalue weighted by Gasteiger charge is -1.99. The molecule has 13 heavy (non-hydrogen) atoms. The summed E-state index contributed by atoms with van der Waals surface area (Å²) in [5.41, 5.74) is -0.382. The van der Waals surface area contributed by atoms with Crippen molar-refractivity contribution < 1.29 is 13.2 Å². The zero-order chi connectivity index (χ0) is 10.1. The van der Waals surface area contributed by atoms with Crippen LogP contribution in [0.4, 0.5) is 13.2 Å². The number of aromatic amines is 1. The van der Waals surface area contributed by atoms with E-state index < -0.39 is 11.9 Å². The van der Waals surface area contributed by atoms with Crippen LogP contribution in [-0.2, 0) is 12.6 Å². The zero-order valence-electron chi connectivity index (χ0n) is 6.82. The molecule has 0 bridgehead atoms. The zero-order valence-corrected chi connectivity index (χ0v) is 8.41. The maximum Gasteiger partial charge on any atom is 0.435 e. The van der Waals surface area contributed by atoms with E-state index in [4.69, 9.17) is 0 Å². The molecule has 74 valence electrons. The fourth-order valence-corrected chi connectivity index (χ4v) is 1.26. The third kappa shape index (κ3) is 3.02. The molecule has 1 unspecified atom stereocenters. The fourth-order valence-electron chi connectivity index (χ4n) is 0.914. The molecular weight excluding hydrogens is 249 g/mol. The van der Waals surface area contributed by atoms with Crippen LogP contribution in [0, 0.1) is 0 Å². The van der Waals surface area contributed by atoms with Gasteiger partial charge in [-0.05, 0) is 6.07 Å². The number of halogens is 4. The van der Waals surface area contributed by atoms with Crippen molar-refractivity contribution in [3.8, 4) is 0 Å². The standard InChI is InChI=1S/C7H8BrF3N2/c1-4(8)2-5-3-6(13-12-5)7(9,10)11/h3-4H,2H2,1H3,(H,12,13). The highest BCUT2D eigenvalue weighted by molar-refractivity contribution is 9.09. The topological polar surface area (TPSA) is 28.7 Å². The molecule has 0 spiro atoms. The van der Waals surface area contributed by atoms with Gasteiger partial charge in [-0.25, -0.2) is 0 Å². The molecule has 1 heterocycles. The van der Waals surface area contributed by atoms with E-state index in [1.54, 1.807) is 0 Å². The number of rotatable bonds is 2. The SMILES string of the molecule is CC(Br)Cc1cc(C(F)(F)F)n[nH]1. The minimum absolute atomic E-state index is 0.133. The Balaban J connectivity index is 2.75. The number of nitrogens with one attached hydrogen (secondary N) is 1. The van der Waals surface area contributed by atoms with Gasteiger partial charge in [-0.2, -0.15) is 18.3 Å². The van der Waals surface area contributed by atoms with Crippen LogP contribution >= 0.6 is 15.9 Å². The highest BCUT2D eigenvalue weighted by Crippen LogP contribution is 2.27. The van der Waals surface area contributed by atoms with Crippen molar-refractivity contribution in [2.75, 3.05) is 0 Å². The van der Waals surface area contributed by atoms with Crippen LogP contribution in [0.15, 0.2) is 6.07 Å². The molecule has 0 saturated carbocycles. The van der Waals surface area contributed by atoms with Crippen molar-refractivity contribution in [3.63, 3.8) is 0 Å². The Morgan fingerprint density at radius 2 is 2.23 bits per heavy atom. The fraction of sp³-hybridized carbons (Fsp3) is 0.571. The average Bonchev–Trinajstić information content (AvgIpc) is 2.32. The van der Waals surface area contributed by atoms with E-state index in [1.807, 2.05) is 6.92 Å². The lowest BCUT2D eigenvalue weighted by Crippen LogP contribution is -2.04. The van der Waals surface area contributed by atoms with Gasteiger partial charge in [-0.1, -0.05) is 22.9 Å². The van der Waals surface area contributed by atoms with Crippen LogP contribution in [-0.4, -0.2) is 15.0 Å². The monoisotopic (exact) mass is 256 g/mol. The molecule has 1 aromatic rings. The molecule has 0 saturated heterocycles. The summed E-state index contributed by atoms with van der Waals surface area (Å²) in [6.45, 7) is 1.86. The molecule has 6 heteroatoms. The number of alkyl halides is 4. The first-order valence-electron chi connectivity index (χ1n) is 3.65. The summed E-state index contributed by atoms with van der Waals surface area (Å²) < 4.78 is 36.1. The highest BCUT2D eigenvalue weighted by atomic mass is 79.9. The molecule has 2 nitrogen and oxygen atoms in total. The maximum atomic E-state index is 12.0. The molecule has 1 aromatic heterocycles. The molecule has 0 amide bonds. The first kappa shape index (κ1) is 10.6. The summed E-state index contributed by atoms with van der Waals surface area (Å²) >= 11 is 3.24. The van der Waals surface area contributed by atoms with E-state index >= 15 is 0 Å². The van der Waals surface area contributed by atoms with Gasteiger partial charge in [0, 0.05) is 16.9 Å². The Labute approximate surface area is 81.7 Å². The molecule has 1 rings (SSSR count). The van der Waals surface area contributed by atoms with Gasteiger partial charge < -0.3 is 0 Å². The van der Waals surface area contributed by atoms with E-state index in [2.05, 4.69) is 26.1 Å². The van der Waals surface area contributed by atoms with E-state index in [-0.39, 0.29) is 4.83 Å². The van der Waals surface area contributed by atoms with Crippen LogP contribution in [0.3, 0.4) is 0 Å². The van der Waals surface area contributed by atoms with Crippen molar-refractivity contribution in [1.29, 1.82) is 0 Å². The van der Waals surface area contributed by atoms with E-state index in [1.165, 1.54) is 0 Å². The second-order valence-electron chi connectivity index (χ2n) is 2.76. The van der Waals surface area contributed by atoms with E-state index in [0.717, 1.165) is 6.07 Å². The van der Waals surface area contributed by atoms with Gasteiger partial charge in [-0.3, -0.25) is 5.10 Å². The van der Waals surface area contributed by atoms with E-state index in [9.17, 15) is 13.2 Å². The quantitative estimate of drug-likeness (QED) is 0.811. The van der Waals surface area contributed by atoms with Gasteiger partial charge in [0.25, 0.3) is 0 Å². The van der Waals surface area contributed by atoms with Gasteiger partial charge in [0.05, 0.1) is 0 Å². The summed E-state index contributed by atoms with van der Waals surface area (Å²) in [7, 11) is 0. The van der Waals surface area contributed by atoms with Crippen molar-refractivity contribution in [2.45, 2.75) is 24.3 Å². The van der Waals surface area contributed by atoms with Crippen molar-refractivity contribution in [1.82, 2.24) is 10.2 Å². The maximum absolute atomic E-state index is 12.0. The summed E-state index contributed by atoms with van der Waals surface area (Å²) in [6, 6.07) is 1.03. The number of aromatic nitrogens is 2. The minimum Gasteiger partial charge on any atom is -0.282 e. The van der Waals surface area contributed by atoms with Gasteiger partial charge in [0.2, 0.25) is 0 Å². The first-order chi connectivity index (χ1) is 5.89. The van der Waals surface area contributed by atoms with Gasteiger partial charge in [0.1, 0.15) is 0 Å². The minimum atomic E-state index is -4.36. The summed E-state index contributed by atoms with van der Waals surface area (Å²) in [4.78, 5) is 0.133. The van der Waals surface area contributed by atoms with Crippen LogP contribution < -0.4 is 0 Å². The van der Waals surface area contributed by atoms with Crippen molar-refractivity contribution in [2.24, 2.45) is 0 Å². The van der Waals surface area contributed by atoms with E-state index in [0.29, 0.717) is 12.1 Å². The Morgan fingerprint density at radius 3 is 2.62 bits per heavy atom. The van der Waals surface area contributed by atoms with Crippen LogP contribution in [0.25, 0.3) is 0 Å². The average molecular weight is 257 g/mol. The van der Waals surface area contributed by atoms with Crippen LogP contribution in [0.5, 0.6) is 0 Å². The van der Waals surface area contributed by atoms with Gasteiger partial charge in [0.15, 0.2) is 5.69 Å². The largest absolute Gasteiger partial charge is 0.435 e. The molecule has 0 aliphatic carbocycles. The Kier molecular flexibility index (Phi) is 3.00. The predicted molar refractivity (Wildman–Crippen MR) is 45.7 cm³/mol. The van der Waals surface area contributed by atoms with Crippen LogP contribution in [0.1, 0.15) is 18.3 Å². The third-order valence-corrected chi connectivity index (χ3v) is 1.75. The first-order valence-corrected chi connectivity index (χ1v) is 4.56. The molecular formula is C7H8BrF3N2. The molecule has 0 radical (unpaired) electrons. The highest BCUT2D eigenvalue weighted by Gasteiger charge is 2.33. The van der Waals surface area contributed by atoms with Crippen molar-refractivity contribution in [3.05, 3.63) is 17.5 Å². The molecule has 0 aromatic carbocycles. The molecule has 1 N–H and O–H groups in total. The lowest BCUT2D eigenvalue weighted by molar-refractivity contribution is -0.141. The number of H-pyrrole nitrogens is 1. The molecule has 1 atom stereocenters. The Morgan fingerprint density at radius 1 is 1.62 bits per heavy atom. The Hall–Kier alpha value is -0.520.